The monoisotopic (exact) mass is 380 g/mol. The Morgan fingerprint density at radius 1 is 1.04 bits per heavy atom. The number of ether oxygens (including phenoxy) is 2. The molecule has 5 nitrogen and oxygen atoms in total. The number of hydrogen-bond donors (Lipinski definition) is 0. The minimum Gasteiger partial charge on any atom is -0.491 e. The van der Waals surface area contributed by atoms with Gasteiger partial charge in [0.2, 0.25) is 0 Å². The number of hydrogen-bond acceptors (Lipinski definition) is 4. The lowest BCUT2D eigenvalue weighted by molar-refractivity contribution is 0.0773. The summed E-state index contributed by atoms with van der Waals surface area (Å²) in [6.45, 7) is 4.78. The molecule has 1 fully saturated rings. The van der Waals surface area contributed by atoms with E-state index in [2.05, 4.69) is 29.2 Å². The molecule has 0 saturated carbocycles. The highest BCUT2D eigenvalue weighted by Gasteiger charge is 2.32. The first-order valence-electron chi connectivity index (χ1n) is 10.1. The first-order valence-corrected chi connectivity index (χ1v) is 10.1. The third-order valence-corrected chi connectivity index (χ3v) is 5.78. The standard InChI is InChI=1S/C23H28N2O3/c1-27-14-15-28-22-8-6-19(7-9-22)23(26)25-13-11-21(17-25)24-12-10-18-4-2-3-5-20(18)16-24/h2-9,21H,10-17H2,1H3. The predicted octanol–water partition coefficient (Wildman–Crippen LogP) is 2.98. The topological polar surface area (TPSA) is 42.0 Å². The second kappa shape index (κ2) is 8.76. The first kappa shape index (κ1) is 19.0. The molecule has 1 amide bonds. The molecule has 1 atom stereocenters. The molecule has 2 heterocycles. The summed E-state index contributed by atoms with van der Waals surface area (Å²) in [5, 5.41) is 0. The molecule has 0 bridgehead atoms. The number of amides is 1. The van der Waals surface area contributed by atoms with Crippen molar-refractivity contribution in [3.05, 3.63) is 65.2 Å². The molecule has 0 aromatic heterocycles. The minimum atomic E-state index is 0.114. The highest BCUT2D eigenvalue weighted by Crippen LogP contribution is 2.25. The van der Waals surface area contributed by atoms with Crippen LogP contribution in [0.25, 0.3) is 0 Å². The number of nitrogens with zero attached hydrogens (tertiary/aromatic N) is 2. The lowest BCUT2D eigenvalue weighted by Gasteiger charge is -2.33. The summed E-state index contributed by atoms with van der Waals surface area (Å²) in [6, 6.07) is 16.6. The summed E-state index contributed by atoms with van der Waals surface area (Å²) in [6.07, 6.45) is 2.15. The Morgan fingerprint density at radius 2 is 1.82 bits per heavy atom. The van der Waals surface area contributed by atoms with Gasteiger partial charge in [-0.15, -0.1) is 0 Å². The maximum Gasteiger partial charge on any atom is 0.253 e. The van der Waals surface area contributed by atoms with Crippen LogP contribution in [0.2, 0.25) is 0 Å². The Balaban J connectivity index is 1.33. The third-order valence-electron chi connectivity index (χ3n) is 5.78. The number of benzene rings is 2. The van der Waals surface area contributed by atoms with Crippen molar-refractivity contribution < 1.29 is 14.3 Å². The first-order chi connectivity index (χ1) is 13.7. The fourth-order valence-corrected chi connectivity index (χ4v) is 4.17. The molecule has 2 aliphatic rings. The molecule has 2 aliphatic heterocycles. The largest absolute Gasteiger partial charge is 0.491 e. The second-order valence-electron chi connectivity index (χ2n) is 7.55. The van der Waals surface area contributed by atoms with Crippen LogP contribution in [-0.2, 0) is 17.7 Å². The van der Waals surface area contributed by atoms with E-state index in [1.165, 1.54) is 11.1 Å². The molecule has 2 aromatic carbocycles. The number of carbonyl (C=O) groups is 1. The van der Waals surface area contributed by atoms with Gasteiger partial charge in [0.15, 0.2) is 0 Å². The maximum atomic E-state index is 12.9. The second-order valence-corrected chi connectivity index (χ2v) is 7.55. The van der Waals surface area contributed by atoms with E-state index in [1.54, 1.807) is 7.11 Å². The maximum absolute atomic E-state index is 12.9. The summed E-state index contributed by atoms with van der Waals surface area (Å²) in [5.41, 5.74) is 3.63. The molecule has 148 valence electrons. The van der Waals surface area contributed by atoms with Gasteiger partial charge in [0.05, 0.1) is 6.61 Å². The zero-order valence-corrected chi connectivity index (χ0v) is 16.5. The lowest BCUT2D eigenvalue weighted by Crippen LogP contribution is -2.41. The highest BCUT2D eigenvalue weighted by molar-refractivity contribution is 5.94. The number of methoxy groups -OCH3 is 1. The Morgan fingerprint density at radius 3 is 2.61 bits per heavy atom. The minimum absolute atomic E-state index is 0.114. The highest BCUT2D eigenvalue weighted by atomic mass is 16.5. The lowest BCUT2D eigenvalue weighted by atomic mass is 9.98. The Bertz CT molecular complexity index is 806. The van der Waals surface area contributed by atoms with Crippen molar-refractivity contribution in [2.24, 2.45) is 0 Å². The molecular weight excluding hydrogens is 352 g/mol. The van der Waals surface area contributed by atoms with Crippen LogP contribution in [0.3, 0.4) is 0 Å². The molecule has 5 heteroatoms. The molecule has 0 N–H and O–H groups in total. The summed E-state index contributed by atoms with van der Waals surface area (Å²) >= 11 is 0. The average Bonchev–Trinajstić information content (AvgIpc) is 3.24. The van der Waals surface area contributed by atoms with Crippen LogP contribution >= 0.6 is 0 Å². The van der Waals surface area contributed by atoms with E-state index in [0.29, 0.717) is 19.3 Å². The molecule has 0 aliphatic carbocycles. The Hall–Kier alpha value is -2.37. The molecule has 0 radical (unpaired) electrons. The van der Waals surface area contributed by atoms with E-state index in [-0.39, 0.29) is 5.91 Å². The van der Waals surface area contributed by atoms with E-state index < -0.39 is 0 Å². The van der Waals surface area contributed by atoms with Crippen molar-refractivity contribution in [1.29, 1.82) is 0 Å². The fourth-order valence-electron chi connectivity index (χ4n) is 4.17. The number of carbonyl (C=O) groups excluding carboxylic acids is 1. The SMILES string of the molecule is COCCOc1ccc(C(=O)N2CCC(N3CCc4ccccc4C3)C2)cc1. The Labute approximate surface area is 166 Å². The van der Waals surface area contributed by atoms with Crippen LogP contribution in [0.4, 0.5) is 0 Å². The molecule has 4 rings (SSSR count). The zero-order valence-electron chi connectivity index (χ0n) is 16.5. The van der Waals surface area contributed by atoms with Gasteiger partial charge in [0, 0.05) is 44.9 Å². The quantitative estimate of drug-likeness (QED) is 0.723. The normalized spacial score (nSPS) is 19.5. The fraction of sp³-hybridized carbons (Fsp3) is 0.435. The molecule has 0 spiro atoms. The molecular formula is C23H28N2O3. The molecule has 1 unspecified atom stereocenters. The van der Waals surface area contributed by atoms with E-state index in [4.69, 9.17) is 9.47 Å². The van der Waals surface area contributed by atoms with E-state index in [1.807, 2.05) is 29.2 Å². The van der Waals surface area contributed by atoms with Crippen molar-refractivity contribution in [2.75, 3.05) is 40.0 Å². The third kappa shape index (κ3) is 4.21. The van der Waals surface area contributed by atoms with Gasteiger partial charge in [-0.25, -0.2) is 0 Å². The number of rotatable bonds is 6. The molecule has 2 aromatic rings. The van der Waals surface area contributed by atoms with Crippen LogP contribution in [-0.4, -0.2) is 61.7 Å². The zero-order chi connectivity index (χ0) is 19.3. The van der Waals surface area contributed by atoms with Crippen LogP contribution in [0, 0.1) is 0 Å². The smallest absolute Gasteiger partial charge is 0.253 e. The summed E-state index contributed by atoms with van der Waals surface area (Å²) in [5.74, 6) is 0.878. The van der Waals surface area contributed by atoms with Crippen molar-refractivity contribution in [1.82, 2.24) is 9.80 Å². The molecule has 28 heavy (non-hydrogen) atoms. The van der Waals surface area contributed by atoms with Crippen LogP contribution in [0.5, 0.6) is 5.75 Å². The van der Waals surface area contributed by atoms with Crippen LogP contribution < -0.4 is 4.74 Å². The summed E-state index contributed by atoms with van der Waals surface area (Å²) < 4.78 is 10.6. The van der Waals surface area contributed by atoms with Crippen molar-refractivity contribution in [3.8, 4) is 5.75 Å². The van der Waals surface area contributed by atoms with Gasteiger partial charge in [-0.1, -0.05) is 24.3 Å². The van der Waals surface area contributed by atoms with E-state index in [0.717, 1.165) is 50.3 Å². The van der Waals surface area contributed by atoms with Gasteiger partial charge in [-0.3, -0.25) is 9.69 Å². The average molecular weight is 380 g/mol. The van der Waals surface area contributed by atoms with Crippen LogP contribution in [0.15, 0.2) is 48.5 Å². The van der Waals surface area contributed by atoms with Crippen LogP contribution in [0.1, 0.15) is 27.9 Å². The van der Waals surface area contributed by atoms with Gasteiger partial charge in [-0.2, -0.15) is 0 Å². The van der Waals surface area contributed by atoms with Gasteiger partial charge in [-0.05, 0) is 48.2 Å². The van der Waals surface area contributed by atoms with Gasteiger partial charge < -0.3 is 14.4 Å². The summed E-state index contributed by atoms with van der Waals surface area (Å²) in [4.78, 5) is 17.4. The van der Waals surface area contributed by atoms with E-state index in [9.17, 15) is 4.79 Å². The predicted molar refractivity (Wildman–Crippen MR) is 109 cm³/mol. The van der Waals surface area contributed by atoms with Gasteiger partial charge >= 0.3 is 0 Å². The number of fused-ring (bicyclic) bond motifs is 1. The summed E-state index contributed by atoms with van der Waals surface area (Å²) in [7, 11) is 1.65. The van der Waals surface area contributed by atoms with Gasteiger partial charge in [0.1, 0.15) is 12.4 Å². The van der Waals surface area contributed by atoms with Crippen molar-refractivity contribution >= 4 is 5.91 Å². The van der Waals surface area contributed by atoms with Gasteiger partial charge in [0.25, 0.3) is 5.91 Å². The van der Waals surface area contributed by atoms with E-state index >= 15 is 0 Å². The van der Waals surface area contributed by atoms with Crippen molar-refractivity contribution in [2.45, 2.75) is 25.4 Å². The number of likely N-dealkylation sites (tertiary alicyclic amines) is 1. The Kier molecular flexibility index (Phi) is 5.93. The molecule has 1 saturated heterocycles. The van der Waals surface area contributed by atoms with Crippen molar-refractivity contribution in [3.63, 3.8) is 0 Å².